The Morgan fingerprint density at radius 3 is 2.78 bits per heavy atom. The fourth-order valence-corrected chi connectivity index (χ4v) is 2.18. The molecule has 2 N–H and O–H groups in total. The van der Waals surface area contributed by atoms with E-state index in [9.17, 15) is 0 Å². The molecule has 0 saturated heterocycles. The largest absolute Gasteiger partial charge is 0.397 e. The van der Waals surface area contributed by atoms with Gasteiger partial charge in [0.2, 0.25) is 0 Å². The van der Waals surface area contributed by atoms with Gasteiger partial charge < -0.3 is 10.3 Å². The van der Waals surface area contributed by atoms with Gasteiger partial charge in [0.25, 0.3) is 0 Å². The predicted molar refractivity (Wildman–Crippen MR) is 77.5 cm³/mol. The first kappa shape index (κ1) is 12.7. The minimum absolute atomic E-state index is 0.576. The van der Waals surface area contributed by atoms with Crippen LogP contribution in [0.5, 0.6) is 0 Å². The Labute approximate surface area is 108 Å². The van der Waals surface area contributed by atoms with Crippen LogP contribution in [0.3, 0.4) is 0 Å². The van der Waals surface area contributed by atoms with Crippen LogP contribution in [0.15, 0.2) is 30.4 Å². The average molecular weight is 243 g/mol. The number of rotatable bonds is 4. The first-order chi connectivity index (χ1) is 8.49. The highest BCUT2D eigenvalue weighted by molar-refractivity contribution is 5.87. The summed E-state index contributed by atoms with van der Waals surface area (Å²) in [7, 11) is 0. The third-order valence-electron chi connectivity index (χ3n) is 2.91. The maximum Gasteiger partial charge on any atom is 0.112 e. The van der Waals surface area contributed by atoms with E-state index in [1.807, 2.05) is 19.1 Å². The number of aromatic nitrogens is 2. The Kier molecular flexibility index (Phi) is 3.41. The molecule has 0 spiro atoms. The van der Waals surface area contributed by atoms with Gasteiger partial charge in [-0.3, -0.25) is 0 Å². The number of hydrogen-bond acceptors (Lipinski definition) is 2. The molecule has 2 aromatic rings. The molecule has 0 atom stereocenters. The van der Waals surface area contributed by atoms with Crippen molar-refractivity contribution in [2.24, 2.45) is 5.92 Å². The molecule has 2 rings (SSSR count). The number of hydrogen-bond donors (Lipinski definition) is 1. The summed E-state index contributed by atoms with van der Waals surface area (Å²) in [5, 5.41) is 0. The maximum atomic E-state index is 6.00. The van der Waals surface area contributed by atoms with Crippen LogP contribution in [-0.4, -0.2) is 9.55 Å². The molecule has 0 aliphatic rings. The van der Waals surface area contributed by atoms with Crippen molar-refractivity contribution in [2.45, 2.75) is 33.7 Å². The Morgan fingerprint density at radius 1 is 1.44 bits per heavy atom. The second-order valence-electron chi connectivity index (χ2n) is 5.38. The number of nitrogens with zero attached hydrogens (tertiary/aromatic N) is 2. The van der Waals surface area contributed by atoms with Gasteiger partial charge in [-0.05, 0) is 25.0 Å². The van der Waals surface area contributed by atoms with Gasteiger partial charge in [-0.15, -0.1) is 0 Å². The van der Waals surface area contributed by atoms with Crippen molar-refractivity contribution in [3.8, 4) is 0 Å². The second kappa shape index (κ2) is 4.84. The molecule has 3 nitrogen and oxygen atoms in total. The third kappa shape index (κ3) is 2.40. The standard InChI is InChI=1S/C15H21N3/c1-10(2)8-14-17-15-12(16)6-5-7-13(15)18(14)9-11(3)4/h5-7,10H,3,8-9,16H2,1-2,4H3. The summed E-state index contributed by atoms with van der Waals surface area (Å²) in [6, 6.07) is 5.96. The van der Waals surface area contributed by atoms with E-state index in [4.69, 9.17) is 10.7 Å². The van der Waals surface area contributed by atoms with Crippen LogP contribution in [-0.2, 0) is 13.0 Å². The SMILES string of the molecule is C=C(C)Cn1c(CC(C)C)nc2c(N)cccc21. The number of imidazole rings is 1. The highest BCUT2D eigenvalue weighted by Gasteiger charge is 2.13. The van der Waals surface area contributed by atoms with Crippen LogP contribution in [0.1, 0.15) is 26.6 Å². The lowest BCUT2D eigenvalue weighted by Crippen LogP contribution is -2.07. The van der Waals surface area contributed by atoms with E-state index >= 15 is 0 Å². The Hall–Kier alpha value is -1.77. The van der Waals surface area contributed by atoms with Crippen LogP contribution in [0.25, 0.3) is 11.0 Å². The van der Waals surface area contributed by atoms with Gasteiger partial charge in [-0.1, -0.05) is 32.1 Å². The number of anilines is 1. The smallest absolute Gasteiger partial charge is 0.112 e. The maximum absolute atomic E-state index is 6.00. The number of benzene rings is 1. The molecule has 18 heavy (non-hydrogen) atoms. The van der Waals surface area contributed by atoms with Crippen molar-refractivity contribution >= 4 is 16.7 Å². The van der Waals surface area contributed by atoms with E-state index in [2.05, 4.69) is 31.1 Å². The van der Waals surface area contributed by atoms with Crippen LogP contribution in [0.2, 0.25) is 0 Å². The Balaban J connectivity index is 2.60. The van der Waals surface area contributed by atoms with Crippen molar-refractivity contribution in [3.63, 3.8) is 0 Å². The normalized spacial score (nSPS) is 11.3. The summed E-state index contributed by atoms with van der Waals surface area (Å²) in [6.07, 6.45) is 0.960. The number of allylic oxidation sites excluding steroid dienone is 1. The first-order valence-electron chi connectivity index (χ1n) is 6.37. The van der Waals surface area contributed by atoms with E-state index in [0.29, 0.717) is 5.92 Å². The van der Waals surface area contributed by atoms with Crippen molar-refractivity contribution in [3.05, 3.63) is 36.2 Å². The lowest BCUT2D eigenvalue weighted by Gasteiger charge is -2.10. The van der Waals surface area contributed by atoms with Gasteiger partial charge >= 0.3 is 0 Å². The molecule has 0 saturated carbocycles. The van der Waals surface area contributed by atoms with Gasteiger partial charge in [0, 0.05) is 13.0 Å². The summed E-state index contributed by atoms with van der Waals surface area (Å²) < 4.78 is 2.23. The van der Waals surface area contributed by atoms with Crippen LogP contribution in [0, 0.1) is 5.92 Å². The molecule has 1 aromatic carbocycles. The molecule has 0 radical (unpaired) electrons. The third-order valence-corrected chi connectivity index (χ3v) is 2.91. The van der Waals surface area contributed by atoms with Gasteiger partial charge in [0.05, 0.1) is 11.2 Å². The predicted octanol–water partition coefficient (Wildman–Crippen LogP) is 3.39. The zero-order chi connectivity index (χ0) is 13.3. The lowest BCUT2D eigenvalue weighted by molar-refractivity contribution is 0.593. The number of fused-ring (bicyclic) bond motifs is 1. The summed E-state index contributed by atoms with van der Waals surface area (Å²) in [5.41, 5.74) is 9.89. The molecule has 3 heteroatoms. The monoisotopic (exact) mass is 243 g/mol. The average Bonchev–Trinajstić information content (AvgIpc) is 2.58. The highest BCUT2D eigenvalue weighted by atomic mass is 15.1. The van der Waals surface area contributed by atoms with Crippen molar-refractivity contribution in [2.75, 3.05) is 5.73 Å². The zero-order valence-electron chi connectivity index (χ0n) is 11.4. The topological polar surface area (TPSA) is 43.8 Å². The van der Waals surface area contributed by atoms with E-state index in [1.165, 1.54) is 0 Å². The van der Waals surface area contributed by atoms with Crippen molar-refractivity contribution in [1.29, 1.82) is 0 Å². The van der Waals surface area contributed by atoms with Gasteiger partial charge in [0.1, 0.15) is 11.3 Å². The minimum Gasteiger partial charge on any atom is -0.397 e. The van der Waals surface area contributed by atoms with E-state index < -0.39 is 0 Å². The fraction of sp³-hybridized carbons (Fsp3) is 0.400. The molecule has 0 bridgehead atoms. The van der Waals surface area contributed by atoms with E-state index in [1.54, 1.807) is 0 Å². The van der Waals surface area contributed by atoms with Gasteiger partial charge in [-0.25, -0.2) is 4.98 Å². The quantitative estimate of drug-likeness (QED) is 0.660. The Bertz CT molecular complexity index is 579. The fourth-order valence-electron chi connectivity index (χ4n) is 2.18. The lowest BCUT2D eigenvalue weighted by atomic mass is 10.1. The summed E-state index contributed by atoms with van der Waals surface area (Å²) >= 11 is 0. The van der Waals surface area contributed by atoms with Crippen molar-refractivity contribution in [1.82, 2.24) is 9.55 Å². The Morgan fingerprint density at radius 2 is 2.17 bits per heavy atom. The van der Waals surface area contributed by atoms with Crippen LogP contribution in [0.4, 0.5) is 5.69 Å². The molecule has 96 valence electrons. The molecule has 1 heterocycles. The molecule has 0 amide bonds. The molecule has 0 aliphatic heterocycles. The van der Waals surface area contributed by atoms with Gasteiger partial charge in [-0.2, -0.15) is 0 Å². The van der Waals surface area contributed by atoms with Crippen molar-refractivity contribution < 1.29 is 0 Å². The minimum atomic E-state index is 0.576. The van der Waals surface area contributed by atoms with Crippen LogP contribution < -0.4 is 5.73 Å². The second-order valence-corrected chi connectivity index (χ2v) is 5.38. The zero-order valence-corrected chi connectivity index (χ0v) is 11.4. The summed E-state index contributed by atoms with van der Waals surface area (Å²) in [4.78, 5) is 4.70. The molecule has 0 fully saturated rings. The van der Waals surface area contributed by atoms with Gasteiger partial charge in [0.15, 0.2) is 0 Å². The highest BCUT2D eigenvalue weighted by Crippen LogP contribution is 2.24. The summed E-state index contributed by atoms with van der Waals surface area (Å²) in [6.45, 7) is 11.3. The molecular weight excluding hydrogens is 222 g/mol. The van der Waals surface area contributed by atoms with E-state index in [-0.39, 0.29) is 0 Å². The number of nitrogen functional groups attached to an aromatic ring is 1. The molecule has 0 unspecified atom stereocenters. The molecule has 1 aromatic heterocycles. The number of nitrogens with two attached hydrogens (primary N) is 1. The molecular formula is C15H21N3. The summed E-state index contributed by atoms with van der Waals surface area (Å²) in [5.74, 6) is 1.67. The first-order valence-corrected chi connectivity index (χ1v) is 6.37. The van der Waals surface area contributed by atoms with E-state index in [0.717, 1.165) is 41.1 Å². The molecule has 0 aliphatic carbocycles. The van der Waals surface area contributed by atoms with Crippen LogP contribution >= 0.6 is 0 Å². The number of para-hydroxylation sites is 1.